The Morgan fingerprint density at radius 3 is 2.30 bits per heavy atom. The van der Waals surface area contributed by atoms with Crippen LogP contribution in [0.5, 0.6) is 0 Å². The van der Waals surface area contributed by atoms with Crippen molar-refractivity contribution in [3.8, 4) is 0 Å². The van der Waals surface area contributed by atoms with Crippen LogP contribution in [0.1, 0.15) is 5.56 Å². The molecule has 0 atom stereocenters. The molecule has 1 aromatic rings. The summed E-state index contributed by atoms with van der Waals surface area (Å²) < 4.78 is 38.2. The monoisotopic (exact) mass is 328 g/mol. The molecular formula is C15H15F3N2O3. The highest BCUT2D eigenvalue weighted by Crippen LogP contribution is 2.31. The van der Waals surface area contributed by atoms with E-state index in [4.69, 9.17) is 5.11 Å². The van der Waals surface area contributed by atoms with Crippen molar-refractivity contribution in [2.45, 2.75) is 6.18 Å². The zero-order valence-corrected chi connectivity index (χ0v) is 12.1. The molecule has 0 aromatic heterocycles. The first kappa shape index (κ1) is 16.9. The highest BCUT2D eigenvalue weighted by molar-refractivity contribution is 5.94. The Labute approximate surface area is 130 Å². The van der Waals surface area contributed by atoms with Crippen LogP contribution in [0.25, 0.3) is 0 Å². The van der Waals surface area contributed by atoms with Gasteiger partial charge in [-0.2, -0.15) is 13.2 Å². The van der Waals surface area contributed by atoms with E-state index in [0.29, 0.717) is 31.9 Å². The number of carboxylic acids is 1. The van der Waals surface area contributed by atoms with E-state index in [9.17, 15) is 22.8 Å². The number of rotatable bonds is 3. The van der Waals surface area contributed by atoms with Gasteiger partial charge in [-0.1, -0.05) is 6.07 Å². The summed E-state index contributed by atoms with van der Waals surface area (Å²) >= 11 is 0. The predicted octanol–water partition coefficient (Wildman–Crippen LogP) is 1.99. The minimum Gasteiger partial charge on any atom is -0.478 e. The number of carbonyl (C=O) groups is 2. The summed E-state index contributed by atoms with van der Waals surface area (Å²) in [5.41, 5.74) is -0.258. The summed E-state index contributed by atoms with van der Waals surface area (Å²) in [6, 6.07) is 5.05. The predicted molar refractivity (Wildman–Crippen MR) is 77.0 cm³/mol. The topological polar surface area (TPSA) is 60.9 Å². The van der Waals surface area contributed by atoms with Crippen LogP contribution in [0.3, 0.4) is 0 Å². The van der Waals surface area contributed by atoms with Gasteiger partial charge in [0.15, 0.2) is 0 Å². The van der Waals surface area contributed by atoms with Crippen molar-refractivity contribution in [2.24, 2.45) is 0 Å². The molecule has 8 heteroatoms. The Morgan fingerprint density at radius 1 is 1.09 bits per heavy atom. The number of nitrogens with zero attached hydrogens (tertiary/aromatic N) is 2. The van der Waals surface area contributed by atoms with Gasteiger partial charge in [-0.3, -0.25) is 4.79 Å². The number of hydrogen-bond donors (Lipinski definition) is 1. The van der Waals surface area contributed by atoms with Crippen LogP contribution >= 0.6 is 0 Å². The van der Waals surface area contributed by atoms with Crippen molar-refractivity contribution in [3.05, 3.63) is 42.0 Å². The van der Waals surface area contributed by atoms with E-state index in [1.54, 1.807) is 11.0 Å². The number of carbonyl (C=O) groups excluding carboxylic acids is 1. The third kappa shape index (κ3) is 4.48. The number of benzene rings is 1. The van der Waals surface area contributed by atoms with Gasteiger partial charge in [0.2, 0.25) is 5.91 Å². The Kier molecular flexibility index (Phi) is 4.92. The van der Waals surface area contributed by atoms with E-state index < -0.39 is 23.6 Å². The van der Waals surface area contributed by atoms with Gasteiger partial charge >= 0.3 is 12.1 Å². The Morgan fingerprint density at radius 2 is 1.74 bits per heavy atom. The van der Waals surface area contributed by atoms with Crippen LogP contribution in [0.15, 0.2) is 36.4 Å². The molecule has 1 amide bonds. The maximum absolute atomic E-state index is 12.7. The highest BCUT2D eigenvalue weighted by Gasteiger charge is 2.31. The van der Waals surface area contributed by atoms with Crippen LogP contribution in [-0.2, 0) is 15.8 Å². The molecule has 1 aromatic carbocycles. The van der Waals surface area contributed by atoms with Gasteiger partial charge < -0.3 is 14.9 Å². The summed E-state index contributed by atoms with van der Waals surface area (Å²) in [4.78, 5) is 25.3. The van der Waals surface area contributed by atoms with Crippen molar-refractivity contribution in [1.82, 2.24) is 4.90 Å². The van der Waals surface area contributed by atoms with E-state index in [1.807, 2.05) is 0 Å². The highest BCUT2D eigenvalue weighted by atomic mass is 19.4. The number of aliphatic carboxylic acids is 1. The van der Waals surface area contributed by atoms with Crippen LogP contribution in [0.2, 0.25) is 0 Å². The van der Waals surface area contributed by atoms with E-state index in [-0.39, 0.29) is 0 Å². The minimum absolute atomic E-state index is 0.318. The summed E-state index contributed by atoms with van der Waals surface area (Å²) in [7, 11) is 0. The Bertz CT molecular complexity index is 621. The SMILES string of the molecule is O=C(O)C=CC(=O)N1CCN(c2cccc(C(F)(F)F)c2)CC1. The molecule has 0 saturated carbocycles. The number of amides is 1. The third-order valence-electron chi connectivity index (χ3n) is 3.50. The fraction of sp³-hybridized carbons (Fsp3) is 0.333. The van der Waals surface area contributed by atoms with Crippen molar-refractivity contribution >= 4 is 17.6 Å². The van der Waals surface area contributed by atoms with Gasteiger partial charge in [-0.05, 0) is 18.2 Å². The van der Waals surface area contributed by atoms with E-state index in [1.165, 1.54) is 11.0 Å². The molecule has 0 unspecified atom stereocenters. The van der Waals surface area contributed by atoms with Gasteiger partial charge in [-0.15, -0.1) is 0 Å². The third-order valence-corrected chi connectivity index (χ3v) is 3.50. The fourth-order valence-corrected chi connectivity index (χ4v) is 2.31. The molecule has 2 rings (SSSR count). The quantitative estimate of drug-likeness (QED) is 0.862. The molecule has 1 N–H and O–H groups in total. The fourth-order valence-electron chi connectivity index (χ4n) is 2.31. The maximum Gasteiger partial charge on any atom is 0.416 e. The summed E-state index contributed by atoms with van der Waals surface area (Å²) in [6.07, 6.45) is -2.65. The number of carboxylic acid groups (broad SMARTS) is 1. The second kappa shape index (κ2) is 6.72. The second-order valence-electron chi connectivity index (χ2n) is 5.03. The van der Waals surface area contributed by atoms with Crippen molar-refractivity contribution < 1.29 is 27.9 Å². The Balaban J connectivity index is 1.99. The number of alkyl halides is 3. The van der Waals surface area contributed by atoms with Gasteiger partial charge in [0.25, 0.3) is 0 Å². The van der Waals surface area contributed by atoms with Gasteiger partial charge in [0.1, 0.15) is 0 Å². The standard InChI is InChI=1S/C15H15F3N2O3/c16-15(17,18)11-2-1-3-12(10-11)19-6-8-20(9-7-19)13(21)4-5-14(22)23/h1-5,10H,6-9H2,(H,22,23). The largest absolute Gasteiger partial charge is 0.478 e. The molecule has 124 valence electrons. The molecule has 0 aliphatic carbocycles. The normalized spacial score (nSPS) is 16.0. The lowest BCUT2D eigenvalue weighted by molar-refractivity contribution is -0.137. The minimum atomic E-state index is -4.39. The van der Waals surface area contributed by atoms with Crippen LogP contribution in [0.4, 0.5) is 18.9 Å². The maximum atomic E-state index is 12.7. The zero-order chi connectivity index (χ0) is 17.0. The molecule has 1 aliphatic heterocycles. The second-order valence-corrected chi connectivity index (χ2v) is 5.03. The molecule has 1 fully saturated rings. The number of hydrogen-bond acceptors (Lipinski definition) is 3. The van der Waals surface area contributed by atoms with Crippen molar-refractivity contribution in [2.75, 3.05) is 31.1 Å². The lowest BCUT2D eigenvalue weighted by atomic mass is 10.1. The number of piperazine rings is 1. The first-order chi connectivity index (χ1) is 10.8. The number of anilines is 1. The van der Waals surface area contributed by atoms with Crippen LogP contribution < -0.4 is 4.90 Å². The van der Waals surface area contributed by atoms with Gasteiger partial charge in [-0.25, -0.2) is 4.79 Å². The van der Waals surface area contributed by atoms with Crippen LogP contribution in [0, 0.1) is 0 Å². The number of halogens is 3. The lowest BCUT2D eigenvalue weighted by Gasteiger charge is -2.35. The van der Waals surface area contributed by atoms with Crippen molar-refractivity contribution in [1.29, 1.82) is 0 Å². The van der Waals surface area contributed by atoms with E-state index in [2.05, 4.69) is 0 Å². The van der Waals surface area contributed by atoms with Gasteiger partial charge in [0.05, 0.1) is 5.56 Å². The van der Waals surface area contributed by atoms with Crippen molar-refractivity contribution in [3.63, 3.8) is 0 Å². The molecule has 1 aliphatic rings. The molecule has 1 saturated heterocycles. The van der Waals surface area contributed by atoms with Gasteiger partial charge in [0, 0.05) is 44.0 Å². The summed E-state index contributed by atoms with van der Waals surface area (Å²) in [6.45, 7) is 1.40. The molecule has 0 bridgehead atoms. The van der Waals surface area contributed by atoms with E-state index >= 15 is 0 Å². The average Bonchev–Trinajstić information content (AvgIpc) is 2.52. The Hall–Kier alpha value is -2.51. The average molecular weight is 328 g/mol. The van der Waals surface area contributed by atoms with Crippen LogP contribution in [-0.4, -0.2) is 48.1 Å². The molecule has 0 radical (unpaired) electrons. The molecular weight excluding hydrogens is 313 g/mol. The summed E-state index contributed by atoms with van der Waals surface area (Å²) in [5.74, 6) is -1.63. The lowest BCUT2D eigenvalue weighted by Crippen LogP contribution is -2.48. The molecule has 5 nitrogen and oxygen atoms in total. The summed E-state index contributed by atoms with van der Waals surface area (Å²) in [5, 5.41) is 8.49. The smallest absolute Gasteiger partial charge is 0.416 e. The molecule has 1 heterocycles. The zero-order valence-electron chi connectivity index (χ0n) is 12.1. The molecule has 23 heavy (non-hydrogen) atoms. The first-order valence-electron chi connectivity index (χ1n) is 6.89. The van der Waals surface area contributed by atoms with E-state index in [0.717, 1.165) is 24.3 Å². The first-order valence-corrected chi connectivity index (χ1v) is 6.89. The molecule has 0 spiro atoms.